The van der Waals surface area contributed by atoms with Gasteiger partial charge in [-0.05, 0) is 17.7 Å². The van der Waals surface area contributed by atoms with Crippen molar-refractivity contribution in [2.24, 2.45) is 5.73 Å². The Kier molecular flexibility index (Phi) is 3.62. The Morgan fingerprint density at radius 2 is 2.18 bits per heavy atom. The smallest absolute Gasteiger partial charge is 0.165 e. The van der Waals surface area contributed by atoms with Crippen molar-refractivity contribution in [3.8, 4) is 5.75 Å². The van der Waals surface area contributed by atoms with Crippen LogP contribution in [-0.4, -0.2) is 9.97 Å². The summed E-state index contributed by atoms with van der Waals surface area (Å²) in [4.78, 5) is 7.92. The minimum absolute atomic E-state index is 0.187. The molecule has 88 valence electrons. The third-order valence-electron chi connectivity index (χ3n) is 2.22. The van der Waals surface area contributed by atoms with Crippen LogP contribution in [0.3, 0.4) is 0 Å². The molecule has 0 bridgehead atoms. The van der Waals surface area contributed by atoms with E-state index in [1.165, 1.54) is 6.07 Å². The fourth-order valence-corrected chi connectivity index (χ4v) is 1.34. The number of aromatic nitrogens is 2. The van der Waals surface area contributed by atoms with Crippen LogP contribution in [0.15, 0.2) is 36.8 Å². The van der Waals surface area contributed by atoms with Crippen molar-refractivity contribution in [1.82, 2.24) is 9.97 Å². The normalized spacial score (nSPS) is 10.2. The van der Waals surface area contributed by atoms with E-state index in [0.717, 1.165) is 5.56 Å². The van der Waals surface area contributed by atoms with Crippen molar-refractivity contribution < 1.29 is 9.13 Å². The predicted molar refractivity (Wildman–Crippen MR) is 60.7 cm³/mol. The molecule has 0 atom stereocenters. The highest BCUT2D eigenvalue weighted by atomic mass is 19.1. The summed E-state index contributed by atoms with van der Waals surface area (Å²) in [5.74, 6) is -0.232. The van der Waals surface area contributed by atoms with Gasteiger partial charge in [-0.15, -0.1) is 0 Å². The van der Waals surface area contributed by atoms with Crippen molar-refractivity contribution in [3.05, 3.63) is 53.9 Å². The largest absolute Gasteiger partial charge is 0.484 e. The van der Waals surface area contributed by atoms with Crippen LogP contribution in [0.5, 0.6) is 5.75 Å². The summed E-state index contributed by atoms with van der Waals surface area (Å²) in [6, 6.07) is 4.66. The standard InChI is InChI=1S/C12H12FN3O/c13-11-5-9(6-14)1-2-12(11)17-8-10-7-15-3-4-16-10/h1-5,7H,6,8,14H2. The van der Waals surface area contributed by atoms with Crippen LogP contribution in [-0.2, 0) is 13.2 Å². The lowest BCUT2D eigenvalue weighted by molar-refractivity contribution is 0.285. The second-order valence-corrected chi connectivity index (χ2v) is 3.45. The molecular weight excluding hydrogens is 221 g/mol. The van der Waals surface area contributed by atoms with Gasteiger partial charge in [0.2, 0.25) is 0 Å². The quantitative estimate of drug-likeness (QED) is 0.872. The van der Waals surface area contributed by atoms with Crippen molar-refractivity contribution in [1.29, 1.82) is 0 Å². The van der Waals surface area contributed by atoms with E-state index in [1.807, 2.05) is 0 Å². The van der Waals surface area contributed by atoms with Gasteiger partial charge in [0.1, 0.15) is 6.61 Å². The molecule has 0 saturated carbocycles. The molecule has 0 spiro atoms. The van der Waals surface area contributed by atoms with E-state index in [1.54, 1.807) is 30.7 Å². The van der Waals surface area contributed by atoms with Gasteiger partial charge in [-0.25, -0.2) is 4.39 Å². The molecular formula is C12H12FN3O. The number of rotatable bonds is 4. The molecule has 0 aliphatic rings. The maximum absolute atomic E-state index is 13.5. The van der Waals surface area contributed by atoms with Gasteiger partial charge in [0.05, 0.1) is 11.9 Å². The SMILES string of the molecule is NCc1ccc(OCc2cnccn2)c(F)c1. The summed E-state index contributed by atoms with van der Waals surface area (Å²) < 4.78 is 18.8. The lowest BCUT2D eigenvalue weighted by Crippen LogP contribution is -2.02. The van der Waals surface area contributed by atoms with Crippen LogP contribution in [0.1, 0.15) is 11.3 Å². The topological polar surface area (TPSA) is 61.0 Å². The molecule has 0 amide bonds. The number of benzene rings is 1. The lowest BCUT2D eigenvalue weighted by atomic mass is 10.2. The first-order valence-corrected chi connectivity index (χ1v) is 5.16. The van der Waals surface area contributed by atoms with E-state index in [4.69, 9.17) is 10.5 Å². The average molecular weight is 233 g/mol. The summed E-state index contributed by atoms with van der Waals surface area (Å²) >= 11 is 0. The first kappa shape index (κ1) is 11.5. The molecule has 1 heterocycles. The van der Waals surface area contributed by atoms with E-state index in [9.17, 15) is 4.39 Å². The van der Waals surface area contributed by atoms with Gasteiger partial charge >= 0.3 is 0 Å². The first-order chi connectivity index (χ1) is 8.29. The Morgan fingerprint density at radius 1 is 1.29 bits per heavy atom. The molecule has 17 heavy (non-hydrogen) atoms. The summed E-state index contributed by atoms with van der Waals surface area (Å²) in [7, 11) is 0. The summed E-state index contributed by atoms with van der Waals surface area (Å²) in [5.41, 5.74) is 6.79. The van der Waals surface area contributed by atoms with Gasteiger partial charge in [-0.3, -0.25) is 9.97 Å². The molecule has 0 radical (unpaired) electrons. The first-order valence-electron chi connectivity index (χ1n) is 5.16. The number of ether oxygens (including phenoxy) is 1. The highest BCUT2D eigenvalue weighted by Gasteiger charge is 2.04. The molecule has 2 N–H and O–H groups in total. The lowest BCUT2D eigenvalue weighted by Gasteiger charge is -2.07. The van der Waals surface area contributed by atoms with E-state index >= 15 is 0 Å². The van der Waals surface area contributed by atoms with E-state index in [2.05, 4.69) is 9.97 Å². The highest BCUT2D eigenvalue weighted by molar-refractivity contribution is 5.29. The summed E-state index contributed by atoms with van der Waals surface area (Å²) in [5, 5.41) is 0. The molecule has 1 aromatic heterocycles. The van der Waals surface area contributed by atoms with Crippen LogP contribution in [0, 0.1) is 5.82 Å². The molecule has 2 aromatic rings. The zero-order valence-corrected chi connectivity index (χ0v) is 9.14. The average Bonchev–Trinajstić information content (AvgIpc) is 2.38. The van der Waals surface area contributed by atoms with Crippen LogP contribution < -0.4 is 10.5 Å². The predicted octanol–water partition coefficient (Wildman–Crippen LogP) is 1.65. The number of hydrogen-bond donors (Lipinski definition) is 1. The monoisotopic (exact) mass is 233 g/mol. The van der Waals surface area contributed by atoms with Crippen molar-refractivity contribution >= 4 is 0 Å². The zero-order chi connectivity index (χ0) is 12.1. The van der Waals surface area contributed by atoms with E-state index in [0.29, 0.717) is 12.2 Å². The van der Waals surface area contributed by atoms with Crippen LogP contribution in [0.25, 0.3) is 0 Å². The van der Waals surface area contributed by atoms with Crippen LogP contribution in [0.4, 0.5) is 4.39 Å². The van der Waals surface area contributed by atoms with E-state index < -0.39 is 5.82 Å². The molecule has 5 heteroatoms. The zero-order valence-electron chi connectivity index (χ0n) is 9.14. The van der Waals surface area contributed by atoms with Crippen molar-refractivity contribution in [2.45, 2.75) is 13.2 Å². The van der Waals surface area contributed by atoms with Gasteiger partial charge in [-0.1, -0.05) is 6.07 Å². The fourth-order valence-electron chi connectivity index (χ4n) is 1.34. The molecule has 4 nitrogen and oxygen atoms in total. The second kappa shape index (κ2) is 5.36. The van der Waals surface area contributed by atoms with Crippen LogP contribution in [0.2, 0.25) is 0 Å². The van der Waals surface area contributed by atoms with Gasteiger partial charge in [0, 0.05) is 18.9 Å². The van der Waals surface area contributed by atoms with Gasteiger partial charge in [-0.2, -0.15) is 0 Å². The van der Waals surface area contributed by atoms with Gasteiger partial charge in [0.15, 0.2) is 11.6 Å². The Labute approximate surface area is 98.3 Å². The molecule has 0 aliphatic carbocycles. The Balaban J connectivity index is 2.04. The Hall–Kier alpha value is -2.01. The molecule has 0 unspecified atom stereocenters. The molecule has 0 aliphatic heterocycles. The van der Waals surface area contributed by atoms with E-state index in [-0.39, 0.29) is 12.4 Å². The number of halogens is 1. The number of nitrogens with zero attached hydrogens (tertiary/aromatic N) is 2. The highest BCUT2D eigenvalue weighted by Crippen LogP contribution is 2.18. The minimum atomic E-state index is -0.420. The maximum Gasteiger partial charge on any atom is 0.165 e. The van der Waals surface area contributed by atoms with Crippen molar-refractivity contribution in [2.75, 3.05) is 0 Å². The number of hydrogen-bond acceptors (Lipinski definition) is 4. The van der Waals surface area contributed by atoms with Gasteiger partial charge in [0.25, 0.3) is 0 Å². The Bertz CT molecular complexity index is 490. The number of nitrogens with two attached hydrogens (primary N) is 1. The minimum Gasteiger partial charge on any atom is -0.484 e. The molecule has 0 fully saturated rings. The fraction of sp³-hybridized carbons (Fsp3) is 0.167. The van der Waals surface area contributed by atoms with Crippen LogP contribution >= 0.6 is 0 Å². The maximum atomic E-state index is 13.5. The second-order valence-electron chi connectivity index (χ2n) is 3.45. The third kappa shape index (κ3) is 2.98. The summed E-state index contributed by atoms with van der Waals surface area (Å²) in [6.45, 7) is 0.494. The third-order valence-corrected chi connectivity index (χ3v) is 2.22. The summed E-state index contributed by atoms with van der Waals surface area (Å²) in [6.07, 6.45) is 4.71. The van der Waals surface area contributed by atoms with Crippen molar-refractivity contribution in [3.63, 3.8) is 0 Å². The molecule has 0 saturated heterocycles. The van der Waals surface area contributed by atoms with Gasteiger partial charge < -0.3 is 10.5 Å². The molecule has 1 aromatic carbocycles. The Morgan fingerprint density at radius 3 is 2.82 bits per heavy atom. The molecule has 2 rings (SSSR count).